The van der Waals surface area contributed by atoms with Crippen molar-refractivity contribution in [2.45, 2.75) is 16.8 Å². The Hall–Kier alpha value is -2.84. The number of nitrogens with zero attached hydrogens (tertiary/aromatic N) is 1. The maximum Gasteiger partial charge on any atom is 0.343 e. The number of ether oxygens (including phenoxy) is 2. The molecule has 2 aromatic carbocycles. The van der Waals surface area contributed by atoms with Gasteiger partial charge in [0.25, 0.3) is 5.91 Å². The van der Waals surface area contributed by atoms with Crippen molar-refractivity contribution in [3.63, 3.8) is 0 Å². The summed E-state index contributed by atoms with van der Waals surface area (Å²) in [4.78, 5) is 29.5. The summed E-state index contributed by atoms with van der Waals surface area (Å²) in [5.41, 5.74) is 1.93. The van der Waals surface area contributed by atoms with Crippen LogP contribution in [0.1, 0.15) is 15.9 Å². The number of halogens is 1. The number of rotatable bonds is 7. The highest BCUT2D eigenvalue weighted by Gasteiger charge is 2.15. The molecule has 1 aromatic heterocycles. The van der Waals surface area contributed by atoms with Gasteiger partial charge in [-0.25, -0.2) is 9.78 Å². The second-order valence-corrected chi connectivity index (χ2v) is 8.19. The maximum absolute atomic E-state index is 12.9. The van der Waals surface area contributed by atoms with Crippen LogP contribution in [0.25, 0.3) is 0 Å². The van der Waals surface area contributed by atoms with Gasteiger partial charge in [0, 0.05) is 21.3 Å². The van der Waals surface area contributed by atoms with E-state index in [-0.39, 0.29) is 12.5 Å². The van der Waals surface area contributed by atoms with Crippen LogP contribution in [-0.2, 0) is 9.53 Å². The van der Waals surface area contributed by atoms with Gasteiger partial charge >= 0.3 is 5.97 Å². The maximum atomic E-state index is 12.9. The van der Waals surface area contributed by atoms with Crippen LogP contribution in [0.5, 0.6) is 5.75 Å². The van der Waals surface area contributed by atoms with Gasteiger partial charge in [0.1, 0.15) is 10.8 Å². The molecule has 1 heterocycles. The van der Waals surface area contributed by atoms with Gasteiger partial charge in [-0.05, 0) is 67.1 Å². The molecule has 3 aromatic rings. The highest BCUT2D eigenvalue weighted by atomic mass is 79.9. The van der Waals surface area contributed by atoms with Crippen molar-refractivity contribution >= 4 is 45.3 Å². The fourth-order valence-electron chi connectivity index (χ4n) is 2.52. The van der Waals surface area contributed by atoms with Crippen molar-refractivity contribution in [2.24, 2.45) is 0 Å². The number of carbonyl (C=O) groups excluding carboxylic acids is 2. The Kier molecular flexibility index (Phi) is 7.48. The van der Waals surface area contributed by atoms with Crippen molar-refractivity contribution in [1.82, 2.24) is 4.98 Å². The van der Waals surface area contributed by atoms with Crippen LogP contribution in [0.3, 0.4) is 0 Å². The van der Waals surface area contributed by atoms with E-state index in [4.69, 9.17) is 4.74 Å². The normalized spacial score (nSPS) is 10.4. The molecule has 0 fully saturated rings. The minimum atomic E-state index is -0.461. The van der Waals surface area contributed by atoms with Gasteiger partial charge in [-0.2, -0.15) is 0 Å². The molecule has 30 heavy (non-hydrogen) atoms. The van der Waals surface area contributed by atoms with Gasteiger partial charge in [0.15, 0.2) is 6.61 Å². The predicted octanol–water partition coefficient (Wildman–Crippen LogP) is 5.11. The highest BCUT2D eigenvalue weighted by Crippen LogP contribution is 2.30. The Bertz CT molecular complexity index is 1060. The first-order valence-corrected chi connectivity index (χ1v) is 10.6. The third-order valence-electron chi connectivity index (χ3n) is 4.07. The van der Waals surface area contributed by atoms with Crippen molar-refractivity contribution < 1.29 is 19.1 Å². The molecule has 6 nitrogen and oxygen atoms in total. The number of benzene rings is 2. The van der Waals surface area contributed by atoms with Gasteiger partial charge < -0.3 is 14.8 Å². The summed E-state index contributed by atoms with van der Waals surface area (Å²) in [5, 5.41) is 3.54. The minimum absolute atomic E-state index is 0.173. The monoisotopic (exact) mass is 486 g/mol. The van der Waals surface area contributed by atoms with E-state index in [1.807, 2.05) is 31.2 Å². The zero-order valence-corrected chi connectivity index (χ0v) is 18.7. The van der Waals surface area contributed by atoms with Gasteiger partial charge in [-0.3, -0.25) is 4.79 Å². The molecular weight excluding hydrogens is 468 g/mol. The fourth-order valence-corrected chi connectivity index (χ4v) is 3.66. The van der Waals surface area contributed by atoms with E-state index in [0.29, 0.717) is 22.0 Å². The van der Waals surface area contributed by atoms with E-state index in [1.165, 1.54) is 18.9 Å². The van der Waals surface area contributed by atoms with Crippen molar-refractivity contribution in [3.05, 3.63) is 76.4 Å². The van der Waals surface area contributed by atoms with Crippen LogP contribution < -0.4 is 10.1 Å². The van der Waals surface area contributed by atoms with Crippen LogP contribution in [-0.4, -0.2) is 30.6 Å². The number of nitrogens with one attached hydrogen (secondary N) is 1. The summed E-state index contributed by atoms with van der Waals surface area (Å²) in [5.74, 6) is -0.199. The molecular formula is C22H19BrN2O4S. The lowest BCUT2D eigenvalue weighted by Gasteiger charge is -2.12. The molecule has 0 aliphatic carbocycles. The molecule has 0 saturated carbocycles. The largest absolute Gasteiger partial charge is 0.482 e. The molecule has 0 aliphatic rings. The van der Waals surface area contributed by atoms with Gasteiger partial charge in [0.2, 0.25) is 0 Å². The topological polar surface area (TPSA) is 77.5 Å². The Balaban J connectivity index is 1.73. The summed E-state index contributed by atoms with van der Waals surface area (Å²) in [6.07, 6.45) is 1.66. The second kappa shape index (κ2) is 10.3. The lowest BCUT2D eigenvalue weighted by Crippen LogP contribution is -2.15. The molecule has 1 N–H and O–H groups in total. The van der Waals surface area contributed by atoms with E-state index < -0.39 is 5.97 Å². The number of amides is 1. The minimum Gasteiger partial charge on any atom is -0.482 e. The predicted molar refractivity (Wildman–Crippen MR) is 119 cm³/mol. The van der Waals surface area contributed by atoms with Crippen LogP contribution >= 0.6 is 27.7 Å². The summed E-state index contributed by atoms with van der Waals surface area (Å²) < 4.78 is 10.9. The van der Waals surface area contributed by atoms with E-state index in [0.717, 1.165) is 14.9 Å². The number of pyridine rings is 1. The Labute approximate surface area is 187 Å². The van der Waals surface area contributed by atoms with E-state index in [1.54, 1.807) is 36.5 Å². The Morgan fingerprint density at radius 1 is 1.13 bits per heavy atom. The quantitative estimate of drug-likeness (QED) is 0.467. The number of carbonyl (C=O) groups is 2. The molecule has 0 bridgehead atoms. The highest BCUT2D eigenvalue weighted by molar-refractivity contribution is 9.10. The molecule has 3 rings (SSSR count). The summed E-state index contributed by atoms with van der Waals surface area (Å²) in [6.45, 7) is 1.68. The molecule has 0 spiro atoms. The van der Waals surface area contributed by atoms with Gasteiger partial charge in [-0.15, -0.1) is 0 Å². The molecule has 0 aliphatic heterocycles. The van der Waals surface area contributed by atoms with Crippen LogP contribution in [0.15, 0.2) is 75.2 Å². The average molecular weight is 487 g/mol. The smallest absolute Gasteiger partial charge is 0.343 e. The lowest BCUT2D eigenvalue weighted by molar-refractivity contribution is -0.142. The first-order chi connectivity index (χ1) is 14.5. The number of hydrogen-bond acceptors (Lipinski definition) is 6. The number of aryl methyl sites for hydroxylation is 1. The number of aromatic nitrogens is 1. The zero-order valence-electron chi connectivity index (χ0n) is 16.3. The first-order valence-electron chi connectivity index (χ1n) is 8.96. The summed E-state index contributed by atoms with van der Waals surface area (Å²) in [6, 6.07) is 16.5. The molecule has 8 heteroatoms. The standard InChI is InChI=1S/C22H19BrN2O4S/c1-14-12-16(29-13-20(26)28-2)7-10-19(14)25-21(27)18-4-3-11-24-22(18)30-17-8-5-15(23)6-9-17/h3-12H,13H2,1-2H3,(H,25,27). The van der Waals surface area contributed by atoms with Crippen molar-refractivity contribution in [2.75, 3.05) is 19.0 Å². The number of hydrogen-bond donors (Lipinski definition) is 1. The number of esters is 1. The first kappa shape index (κ1) is 21.9. The van der Waals surface area contributed by atoms with E-state index in [2.05, 4.69) is 31.0 Å². The Morgan fingerprint density at radius 2 is 1.90 bits per heavy atom. The SMILES string of the molecule is COC(=O)COc1ccc(NC(=O)c2cccnc2Sc2ccc(Br)cc2)c(C)c1. The van der Waals surface area contributed by atoms with Crippen molar-refractivity contribution in [3.8, 4) is 5.75 Å². The molecule has 0 radical (unpaired) electrons. The second-order valence-electron chi connectivity index (χ2n) is 6.21. The molecule has 0 atom stereocenters. The van der Waals surface area contributed by atoms with Crippen LogP contribution in [0, 0.1) is 6.92 Å². The van der Waals surface area contributed by atoms with E-state index in [9.17, 15) is 9.59 Å². The summed E-state index contributed by atoms with van der Waals surface area (Å²) in [7, 11) is 1.30. The third-order valence-corrected chi connectivity index (χ3v) is 5.63. The Morgan fingerprint density at radius 3 is 2.60 bits per heavy atom. The van der Waals surface area contributed by atoms with Crippen LogP contribution in [0.4, 0.5) is 5.69 Å². The van der Waals surface area contributed by atoms with Crippen LogP contribution in [0.2, 0.25) is 0 Å². The fraction of sp³-hybridized carbons (Fsp3) is 0.136. The van der Waals surface area contributed by atoms with Gasteiger partial charge in [-0.1, -0.05) is 27.7 Å². The third kappa shape index (κ3) is 5.84. The molecule has 154 valence electrons. The van der Waals surface area contributed by atoms with E-state index >= 15 is 0 Å². The molecule has 0 saturated heterocycles. The number of anilines is 1. The zero-order chi connectivity index (χ0) is 21.5. The molecule has 0 unspecified atom stereocenters. The van der Waals surface area contributed by atoms with Gasteiger partial charge in [0.05, 0.1) is 12.7 Å². The summed E-state index contributed by atoms with van der Waals surface area (Å²) >= 11 is 4.84. The lowest BCUT2D eigenvalue weighted by atomic mass is 10.1. The van der Waals surface area contributed by atoms with Crippen molar-refractivity contribution in [1.29, 1.82) is 0 Å². The number of methoxy groups -OCH3 is 1. The molecule has 1 amide bonds. The average Bonchev–Trinajstić information content (AvgIpc) is 2.75.